The highest BCUT2D eigenvalue weighted by Gasteiger charge is 2.36. The Morgan fingerprint density at radius 3 is 2.56 bits per heavy atom. The first kappa shape index (κ1) is 22.1. The number of carbonyl (C=O) groups excluding carboxylic acids is 1. The molecular formula is C20H21N5O5S2. The highest BCUT2D eigenvalue weighted by molar-refractivity contribution is 7.93. The van der Waals surface area contributed by atoms with E-state index < -0.39 is 22.0 Å². The molecule has 0 bridgehead atoms. The Hall–Kier alpha value is -3.09. The van der Waals surface area contributed by atoms with Gasteiger partial charge < -0.3 is 14.8 Å². The lowest BCUT2D eigenvalue weighted by molar-refractivity contribution is -0.126. The smallest absolute Gasteiger partial charge is 0.259 e. The van der Waals surface area contributed by atoms with Crippen LogP contribution in [0.25, 0.3) is 11.3 Å². The Bertz CT molecular complexity index is 1210. The van der Waals surface area contributed by atoms with Crippen molar-refractivity contribution in [2.45, 2.75) is 24.2 Å². The largest absolute Gasteiger partial charge is 0.480 e. The van der Waals surface area contributed by atoms with Crippen LogP contribution in [0.5, 0.6) is 5.88 Å². The number of nitrogens with one attached hydrogen (secondary N) is 2. The number of hydrogen-bond acceptors (Lipinski definition) is 9. The number of anilines is 2. The van der Waals surface area contributed by atoms with Crippen molar-refractivity contribution in [1.29, 1.82) is 0 Å². The molecule has 32 heavy (non-hydrogen) atoms. The molecule has 1 aliphatic rings. The summed E-state index contributed by atoms with van der Waals surface area (Å²) in [6.45, 7) is 0. The zero-order valence-electron chi connectivity index (χ0n) is 17.3. The third-order valence-corrected chi connectivity index (χ3v) is 7.46. The fourth-order valence-electron chi connectivity index (χ4n) is 2.92. The van der Waals surface area contributed by atoms with E-state index in [4.69, 9.17) is 9.47 Å². The molecule has 0 aliphatic heterocycles. The van der Waals surface area contributed by atoms with Crippen LogP contribution in [-0.4, -0.2) is 48.7 Å². The van der Waals surface area contributed by atoms with Gasteiger partial charge in [0.05, 0.1) is 36.1 Å². The summed E-state index contributed by atoms with van der Waals surface area (Å²) < 4.78 is 37.0. The highest BCUT2D eigenvalue weighted by Crippen LogP contribution is 2.31. The van der Waals surface area contributed by atoms with Gasteiger partial charge in [0.2, 0.25) is 15.9 Å². The van der Waals surface area contributed by atoms with Crippen molar-refractivity contribution in [3.63, 3.8) is 0 Å². The lowest BCUT2D eigenvalue weighted by atomic mass is 10.1. The average molecular weight is 476 g/mol. The highest BCUT2D eigenvalue weighted by atomic mass is 32.2. The van der Waals surface area contributed by atoms with Gasteiger partial charge in [-0.15, -0.1) is 11.3 Å². The Balaban J connectivity index is 1.43. The summed E-state index contributed by atoms with van der Waals surface area (Å²) >= 11 is 1.11. The average Bonchev–Trinajstić information content (AvgIpc) is 3.57. The van der Waals surface area contributed by atoms with Crippen LogP contribution >= 0.6 is 11.3 Å². The van der Waals surface area contributed by atoms with Gasteiger partial charge in [-0.3, -0.25) is 14.5 Å². The third-order valence-electron chi connectivity index (χ3n) is 4.73. The van der Waals surface area contributed by atoms with E-state index in [1.165, 1.54) is 20.4 Å². The van der Waals surface area contributed by atoms with E-state index in [1.807, 2.05) is 0 Å². The van der Waals surface area contributed by atoms with E-state index in [-0.39, 0.29) is 10.4 Å². The quantitative estimate of drug-likeness (QED) is 0.483. The van der Waals surface area contributed by atoms with E-state index in [1.54, 1.807) is 35.8 Å². The van der Waals surface area contributed by atoms with Crippen LogP contribution in [0.4, 0.5) is 10.8 Å². The van der Waals surface area contributed by atoms with Crippen LogP contribution in [0.15, 0.2) is 42.0 Å². The maximum Gasteiger partial charge on any atom is 0.259 e. The molecule has 2 aromatic heterocycles. The Labute approximate surface area is 189 Å². The zero-order valence-corrected chi connectivity index (χ0v) is 18.9. The molecule has 1 saturated carbocycles. The molecule has 1 aliphatic carbocycles. The normalized spacial score (nSPS) is 14.6. The number of amides is 1. The summed E-state index contributed by atoms with van der Waals surface area (Å²) in [7, 11) is -0.509. The molecule has 1 atom stereocenters. The number of thiazole rings is 1. The summed E-state index contributed by atoms with van der Waals surface area (Å²) in [6, 6.07) is 7.07. The van der Waals surface area contributed by atoms with Crippen molar-refractivity contribution in [1.82, 2.24) is 15.0 Å². The fraction of sp³-hybridized carbons (Fsp3) is 0.300. The molecule has 0 radical (unpaired) electrons. The standard InChI is InChI=1S/C20H21N5O5S2/c1-29-17-10-21-9-15(23-17)12-3-5-13(6-4-12)22-19(26)18(30-2)16-11-31-20(24-16)25-32(27,28)14-7-8-14/h3-6,9-11,14,18H,7-8H2,1-2H3,(H,22,26)(H,24,25). The van der Waals surface area contributed by atoms with Gasteiger partial charge in [0, 0.05) is 23.7 Å². The summed E-state index contributed by atoms with van der Waals surface area (Å²) in [5.74, 6) is -0.0202. The number of aromatic nitrogens is 3. The number of benzene rings is 1. The third kappa shape index (κ3) is 5.03. The van der Waals surface area contributed by atoms with Crippen LogP contribution < -0.4 is 14.8 Å². The molecule has 2 N–H and O–H groups in total. The van der Waals surface area contributed by atoms with Gasteiger partial charge in [-0.05, 0) is 25.0 Å². The Morgan fingerprint density at radius 1 is 1.16 bits per heavy atom. The molecule has 1 amide bonds. The molecule has 0 saturated heterocycles. The summed E-state index contributed by atoms with van der Waals surface area (Å²) in [5.41, 5.74) is 2.33. The lowest BCUT2D eigenvalue weighted by Gasteiger charge is -2.13. The first-order valence-electron chi connectivity index (χ1n) is 9.67. The number of ether oxygens (including phenoxy) is 2. The molecule has 2 heterocycles. The number of hydrogen-bond donors (Lipinski definition) is 2. The van der Waals surface area contributed by atoms with E-state index in [0.29, 0.717) is 35.8 Å². The van der Waals surface area contributed by atoms with E-state index >= 15 is 0 Å². The molecule has 12 heteroatoms. The SMILES string of the molecule is COc1cncc(-c2ccc(NC(=O)C(OC)c3csc(NS(=O)(=O)C4CC4)n3)cc2)n1. The summed E-state index contributed by atoms with van der Waals surface area (Å²) in [6.07, 6.45) is 3.45. The van der Waals surface area contributed by atoms with E-state index in [2.05, 4.69) is 25.0 Å². The first-order valence-corrected chi connectivity index (χ1v) is 12.1. The van der Waals surface area contributed by atoms with Gasteiger partial charge in [-0.2, -0.15) is 0 Å². The maximum atomic E-state index is 12.7. The second-order valence-electron chi connectivity index (χ2n) is 7.05. The zero-order chi connectivity index (χ0) is 22.7. The van der Waals surface area contributed by atoms with Crippen LogP contribution in [-0.2, 0) is 19.6 Å². The first-order chi connectivity index (χ1) is 15.4. The van der Waals surface area contributed by atoms with Crippen LogP contribution in [0, 0.1) is 0 Å². The van der Waals surface area contributed by atoms with Crippen LogP contribution in [0.3, 0.4) is 0 Å². The second-order valence-corrected chi connectivity index (χ2v) is 9.87. The molecule has 1 unspecified atom stereocenters. The molecule has 1 fully saturated rings. The topological polar surface area (TPSA) is 132 Å². The van der Waals surface area contributed by atoms with Crippen molar-refractivity contribution < 1.29 is 22.7 Å². The van der Waals surface area contributed by atoms with Crippen molar-refractivity contribution in [3.05, 3.63) is 47.7 Å². The van der Waals surface area contributed by atoms with E-state index in [0.717, 1.165) is 16.9 Å². The molecule has 10 nitrogen and oxygen atoms in total. The maximum absolute atomic E-state index is 12.7. The van der Waals surface area contributed by atoms with Crippen molar-refractivity contribution in [2.75, 3.05) is 24.3 Å². The predicted octanol–water partition coefficient (Wildman–Crippen LogP) is 2.84. The fourth-order valence-corrected chi connectivity index (χ4v) is 5.24. The number of carbonyl (C=O) groups is 1. The second kappa shape index (κ2) is 9.18. The minimum absolute atomic E-state index is 0.213. The van der Waals surface area contributed by atoms with Gasteiger partial charge in [0.25, 0.3) is 5.91 Å². The Kier molecular flexibility index (Phi) is 6.35. The van der Waals surface area contributed by atoms with Crippen LogP contribution in [0.2, 0.25) is 0 Å². The number of rotatable bonds is 9. The van der Waals surface area contributed by atoms with Crippen molar-refractivity contribution in [3.8, 4) is 17.1 Å². The monoisotopic (exact) mass is 475 g/mol. The molecule has 168 valence electrons. The number of nitrogens with zero attached hydrogens (tertiary/aromatic N) is 3. The molecule has 0 spiro atoms. The minimum Gasteiger partial charge on any atom is -0.480 e. The van der Waals surface area contributed by atoms with Gasteiger partial charge in [-0.25, -0.2) is 18.4 Å². The van der Waals surface area contributed by atoms with Gasteiger partial charge in [0.1, 0.15) is 0 Å². The molecule has 4 rings (SSSR count). The minimum atomic E-state index is -3.42. The lowest BCUT2D eigenvalue weighted by Crippen LogP contribution is -2.23. The van der Waals surface area contributed by atoms with Gasteiger partial charge in [-0.1, -0.05) is 12.1 Å². The predicted molar refractivity (Wildman–Crippen MR) is 120 cm³/mol. The van der Waals surface area contributed by atoms with Crippen molar-refractivity contribution in [2.24, 2.45) is 0 Å². The van der Waals surface area contributed by atoms with Gasteiger partial charge in [0.15, 0.2) is 11.2 Å². The van der Waals surface area contributed by atoms with Crippen molar-refractivity contribution >= 4 is 38.1 Å². The number of methoxy groups -OCH3 is 2. The summed E-state index contributed by atoms with van der Waals surface area (Å²) in [4.78, 5) is 25.4. The van der Waals surface area contributed by atoms with E-state index in [9.17, 15) is 13.2 Å². The summed E-state index contributed by atoms with van der Waals surface area (Å²) in [5, 5.41) is 4.23. The number of sulfonamides is 1. The van der Waals surface area contributed by atoms with Crippen LogP contribution in [0.1, 0.15) is 24.6 Å². The van der Waals surface area contributed by atoms with Gasteiger partial charge >= 0.3 is 0 Å². The molecule has 1 aromatic carbocycles. The Morgan fingerprint density at radius 2 is 1.91 bits per heavy atom. The molecule has 3 aromatic rings. The molecular weight excluding hydrogens is 454 g/mol.